The standard InChI is InChI=1S/C33H32N6O5S/c1-39-33(36-37-38-39)45-21-29-19-30(23-12-10-22(20-40)11-13-23)44-31(43-29)24-6-5-7-26(18-24)35-32(41)34-25-14-16-28(17-15-25)42-27-8-3-2-4-9-27/h2-18,29-31,40H,19-21H2,1H3,(H2,34,35,41)/t29-,30+,31+/m0/s1. The summed E-state index contributed by atoms with van der Waals surface area (Å²) in [6.07, 6.45) is -0.454. The largest absolute Gasteiger partial charge is 0.457 e. The van der Waals surface area contributed by atoms with Gasteiger partial charge in [-0.1, -0.05) is 66.4 Å². The first-order chi connectivity index (χ1) is 22.0. The zero-order chi connectivity index (χ0) is 31.0. The molecule has 3 N–H and O–H groups in total. The lowest BCUT2D eigenvalue weighted by molar-refractivity contribution is -0.245. The van der Waals surface area contributed by atoms with Gasteiger partial charge >= 0.3 is 6.03 Å². The van der Waals surface area contributed by atoms with Gasteiger partial charge < -0.3 is 30.0 Å². The lowest BCUT2D eigenvalue weighted by Gasteiger charge is -2.36. The first-order valence-electron chi connectivity index (χ1n) is 14.4. The van der Waals surface area contributed by atoms with Crippen molar-refractivity contribution in [2.45, 2.75) is 36.7 Å². The van der Waals surface area contributed by atoms with E-state index in [9.17, 15) is 9.90 Å². The van der Waals surface area contributed by atoms with E-state index < -0.39 is 6.29 Å². The van der Waals surface area contributed by atoms with Crippen molar-refractivity contribution in [1.82, 2.24) is 20.2 Å². The number of para-hydroxylation sites is 1. The predicted molar refractivity (Wildman–Crippen MR) is 170 cm³/mol. The van der Waals surface area contributed by atoms with E-state index in [2.05, 4.69) is 26.2 Å². The van der Waals surface area contributed by atoms with Gasteiger partial charge in [-0.15, -0.1) is 5.10 Å². The van der Waals surface area contributed by atoms with Crippen molar-refractivity contribution >= 4 is 29.2 Å². The number of amides is 2. The van der Waals surface area contributed by atoms with Crippen LogP contribution in [0.2, 0.25) is 0 Å². The van der Waals surface area contributed by atoms with E-state index in [0.29, 0.717) is 34.5 Å². The van der Waals surface area contributed by atoms with Gasteiger partial charge in [0, 0.05) is 36.2 Å². The molecule has 0 saturated carbocycles. The van der Waals surface area contributed by atoms with Gasteiger partial charge in [0.2, 0.25) is 5.16 Å². The number of nitrogens with zero attached hydrogens (tertiary/aromatic N) is 4. The quantitative estimate of drug-likeness (QED) is 0.149. The van der Waals surface area contributed by atoms with E-state index in [1.807, 2.05) is 78.9 Å². The molecule has 12 heteroatoms. The van der Waals surface area contributed by atoms with E-state index in [1.54, 1.807) is 36.0 Å². The number of thioether (sulfide) groups is 1. The number of benzene rings is 4. The highest BCUT2D eigenvalue weighted by atomic mass is 32.2. The van der Waals surface area contributed by atoms with Gasteiger partial charge in [-0.25, -0.2) is 9.48 Å². The van der Waals surface area contributed by atoms with E-state index in [4.69, 9.17) is 14.2 Å². The van der Waals surface area contributed by atoms with Crippen LogP contribution in [0.25, 0.3) is 0 Å². The van der Waals surface area contributed by atoms with Crippen molar-refractivity contribution in [3.8, 4) is 11.5 Å². The highest BCUT2D eigenvalue weighted by molar-refractivity contribution is 7.99. The molecular weight excluding hydrogens is 592 g/mol. The fourth-order valence-corrected chi connectivity index (χ4v) is 5.69. The van der Waals surface area contributed by atoms with Gasteiger partial charge in [-0.05, 0) is 70.1 Å². The topological polar surface area (TPSA) is 133 Å². The van der Waals surface area contributed by atoms with Crippen LogP contribution in [-0.4, -0.2) is 43.2 Å². The Morgan fingerprint density at radius 1 is 0.911 bits per heavy atom. The number of anilines is 2. The van der Waals surface area contributed by atoms with Crippen molar-refractivity contribution < 1.29 is 24.1 Å². The Kier molecular flexibility index (Phi) is 9.66. The zero-order valence-electron chi connectivity index (χ0n) is 24.4. The summed E-state index contributed by atoms with van der Waals surface area (Å²) in [5, 5.41) is 27.6. The summed E-state index contributed by atoms with van der Waals surface area (Å²) in [6, 6.07) is 31.4. The second-order valence-electron chi connectivity index (χ2n) is 10.4. The highest BCUT2D eigenvalue weighted by Gasteiger charge is 2.32. The van der Waals surface area contributed by atoms with Crippen LogP contribution >= 0.6 is 11.8 Å². The van der Waals surface area contributed by atoms with Crippen LogP contribution in [0, 0.1) is 0 Å². The van der Waals surface area contributed by atoms with Crippen molar-refractivity contribution in [3.63, 3.8) is 0 Å². The minimum Gasteiger partial charge on any atom is -0.457 e. The molecule has 0 unspecified atom stereocenters. The SMILES string of the molecule is Cn1nnnc1SC[C@@H]1C[C@H](c2ccc(CO)cc2)O[C@H](c2cccc(NC(=O)Nc3ccc(Oc4ccccc4)cc3)c2)O1. The van der Waals surface area contributed by atoms with Crippen molar-refractivity contribution in [2.75, 3.05) is 16.4 Å². The lowest BCUT2D eigenvalue weighted by Crippen LogP contribution is -2.31. The highest BCUT2D eigenvalue weighted by Crippen LogP contribution is 2.39. The van der Waals surface area contributed by atoms with Crippen LogP contribution in [0.4, 0.5) is 16.2 Å². The molecule has 2 heterocycles. The van der Waals surface area contributed by atoms with Gasteiger partial charge in [0.25, 0.3) is 0 Å². The normalized spacial score (nSPS) is 17.9. The fourth-order valence-electron chi connectivity index (χ4n) is 4.82. The summed E-state index contributed by atoms with van der Waals surface area (Å²) in [5.74, 6) is 2.02. The molecule has 5 aromatic rings. The molecule has 1 aliphatic rings. The maximum absolute atomic E-state index is 12.9. The van der Waals surface area contributed by atoms with Crippen LogP contribution in [0.1, 0.15) is 35.5 Å². The number of tetrazole rings is 1. The van der Waals surface area contributed by atoms with E-state index in [0.717, 1.165) is 22.4 Å². The summed E-state index contributed by atoms with van der Waals surface area (Å²) < 4.78 is 20.3. The molecule has 45 heavy (non-hydrogen) atoms. The molecule has 6 rings (SSSR count). The average Bonchev–Trinajstić information content (AvgIpc) is 3.49. The van der Waals surface area contributed by atoms with Crippen molar-refractivity contribution in [1.29, 1.82) is 0 Å². The Hall–Kier alpha value is -4.75. The van der Waals surface area contributed by atoms with Crippen LogP contribution in [-0.2, 0) is 23.1 Å². The van der Waals surface area contributed by atoms with Crippen molar-refractivity contribution in [2.24, 2.45) is 7.05 Å². The fraction of sp³-hybridized carbons (Fsp3) is 0.212. The van der Waals surface area contributed by atoms with Crippen LogP contribution in [0.15, 0.2) is 108 Å². The molecular formula is C33H32N6O5S. The molecule has 0 radical (unpaired) electrons. The molecule has 230 valence electrons. The molecule has 11 nitrogen and oxygen atoms in total. The number of hydrogen-bond acceptors (Lipinski definition) is 9. The number of aromatic nitrogens is 4. The number of carbonyl (C=O) groups is 1. The van der Waals surface area contributed by atoms with Gasteiger partial charge in [0.15, 0.2) is 6.29 Å². The number of aliphatic hydroxyl groups is 1. The molecule has 1 aliphatic heterocycles. The van der Waals surface area contributed by atoms with Crippen LogP contribution < -0.4 is 15.4 Å². The second-order valence-corrected chi connectivity index (χ2v) is 11.4. The number of aryl methyl sites for hydroxylation is 1. The first-order valence-corrected chi connectivity index (χ1v) is 15.4. The summed E-state index contributed by atoms with van der Waals surface area (Å²) in [4.78, 5) is 12.9. The minimum atomic E-state index is -0.675. The molecule has 1 saturated heterocycles. The molecule has 2 amide bonds. The zero-order valence-corrected chi connectivity index (χ0v) is 25.3. The Bertz CT molecular complexity index is 1700. The third-order valence-electron chi connectivity index (χ3n) is 7.10. The van der Waals surface area contributed by atoms with Crippen LogP contribution in [0.5, 0.6) is 11.5 Å². The molecule has 0 bridgehead atoms. The number of aliphatic hydroxyl groups excluding tert-OH is 1. The van der Waals surface area contributed by atoms with Gasteiger partial charge in [0.1, 0.15) is 11.5 Å². The molecule has 4 aromatic carbocycles. The number of rotatable bonds is 10. The second kappa shape index (κ2) is 14.4. The predicted octanol–water partition coefficient (Wildman–Crippen LogP) is 6.48. The monoisotopic (exact) mass is 624 g/mol. The Morgan fingerprint density at radius 3 is 2.40 bits per heavy atom. The lowest BCUT2D eigenvalue weighted by atomic mass is 10.0. The van der Waals surface area contributed by atoms with E-state index in [1.165, 1.54) is 11.8 Å². The maximum atomic E-state index is 12.9. The van der Waals surface area contributed by atoms with Crippen LogP contribution in [0.3, 0.4) is 0 Å². The van der Waals surface area contributed by atoms with Gasteiger partial charge in [0.05, 0.1) is 18.8 Å². The molecule has 1 fully saturated rings. The third kappa shape index (κ3) is 8.05. The summed E-state index contributed by atoms with van der Waals surface area (Å²) >= 11 is 1.51. The number of nitrogens with one attached hydrogen (secondary N) is 2. The number of ether oxygens (including phenoxy) is 3. The molecule has 3 atom stereocenters. The van der Waals surface area contributed by atoms with E-state index >= 15 is 0 Å². The van der Waals surface area contributed by atoms with Gasteiger partial charge in [-0.2, -0.15) is 0 Å². The summed E-state index contributed by atoms with van der Waals surface area (Å²) in [5.41, 5.74) is 3.80. The molecule has 0 aliphatic carbocycles. The molecule has 1 aromatic heterocycles. The smallest absolute Gasteiger partial charge is 0.323 e. The average molecular weight is 625 g/mol. The Labute approximate surface area is 264 Å². The maximum Gasteiger partial charge on any atom is 0.323 e. The number of urea groups is 1. The Morgan fingerprint density at radius 2 is 1.67 bits per heavy atom. The minimum absolute atomic E-state index is 0.0239. The van der Waals surface area contributed by atoms with Crippen molar-refractivity contribution in [3.05, 3.63) is 120 Å². The summed E-state index contributed by atoms with van der Waals surface area (Å²) in [6.45, 7) is -0.0239. The Balaban J connectivity index is 1.12. The van der Waals surface area contributed by atoms with E-state index in [-0.39, 0.29) is 24.8 Å². The number of carbonyl (C=O) groups excluding carboxylic acids is 1. The number of hydrogen-bond donors (Lipinski definition) is 3. The summed E-state index contributed by atoms with van der Waals surface area (Å²) in [7, 11) is 1.80. The first kappa shape index (κ1) is 30.3. The van der Waals surface area contributed by atoms with Gasteiger partial charge in [-0.3, -0.25) is 0 Å². The molecule has 0 spiro atoms. The third-order valence-corrected chi connectivity index (χ3v) is 8.24.